The lowest BCUT2D eigenvalue weighted by atomic mass is 10.1. The highest BCUT2D eigenvalue weighted by atomic mass is 32.2. The van der Waals surface area contributed by atoms with Crippen LogP contribution in [0.4, 0.5) is 0 Å². The first-order valence-electron chi connectivity index (χ1n) is 7.94. The number of benzene rings is 3. The molecule has 0 aliphatic carbocycles. The normalized spacial score (nSPS) is 12.3. The Kier molecular flexibility index (Phi) is 4.30. The molecular weight excluding hydrogens is 314 g/mol. The molecule has 4 heteroatoms. The van der Waals surface area contributed by atoms with E-state index in [0.29, 0.717) is 0 Å². The second-order valence-corrected chi connectivity index (χ2v) is 6.67. The SMILES string of the molecule is c1ccc(SCC(c2ccccc2)n2nnc3ccccc32)cc1. The number of hydrogen-bond acceptors (Lipinski definition) is 3. The first kappa shape index (κ1) is 15.0. The summed E-state index contributed by atoms with van der Waals surface area (Å²) in [6.07, 6.45) is 0. The van der Waals surface area contributed by atoms with E-state index in [-0.39, 0.29) is 6.04 Å². The quantitative estimate of drug-likeness (QED) is 0.492. The van der Waals surface area contributed by atoms with Crippen LogP contribution in [0.25, 0.3) is 11.0 Å². The molecule has 118 valence electrons. The summed E-state index contributed by atoms with van der Waals surface area (Å²) in [5.74, 6) is 0.904. The lowest BCUT2D eigenvalue weighted by Crippen LogP contribution is -2.15. The molecule has 0 aliphatic heterocycles. The van der Waals surface area contributed by atoms with E-state index >= 15 is 0 Å². The highest BCUT2D eigenvalue weighted by Gasteiger charge is 2.18. The van der Waals surface area contributed by atoms with Gasteiger partial charge in [-0.25, -0.2) is 4.68 Å². The molecule has 3 nitrogen and oxygen atoms in total. The van der Waals surface area contributed by atoms with Gasteiger partial charge in [-0.05, 0) is 29.8 Å². The zero-order valence-corrected chi connectivity index (χ0v) is 13.9. The van der Waals surface area contributed by atoms with Crippen molar-refractivity contribution in [2.75, 3.05) is 5.75 Å². The largest absolute Gasteiger partial charge is 0.236 e. The lowest BCUT2D eigenvalue weighted by molar-refractivity contribution is 0.567. The van der Waals surface area contributed by atoms with Gasteiger partial charge >= 0.3 is 0 Å². The summed E-state index contributed by atoms with van der Waals surface area (Å²) in [7, 11) is 0. The number of hydrogen-bond donors (Lipinski definition) is 0. The molecule has 1 heterocycles. The van der Waals surface area contributed by atoms with E-state index < -0.39 is 0 Å². The Bertz CT molecular complexity index is 919. The van der Waals surface area contributed by atoms with Crippen molar-refractivity contribution in [3.05, 3.63) is 90.5 Å². The third-order valence-electron chi connectivity index (χ3n) is 4.01. The maximum absolute atomic E-state index is 4.44. The van der Waals surface area contributed by atoms with Gasteiger partial charge in [0.2, 0.25) is 0 Å². The third-order valence-corrected chi connectivity index (χ3v) is 5.10. The van der Waals surface area contributed by atoms with Crippen LogP contribution >= 0.6 is 11.8 Å². The second-order valence-electron chi connectivity index (χ2n) is 5.57. The average molecular weight is 331 g/mol. The van der Waals surface area contributed by atoms with Gasteiger partial charge in [0.15, 0.2) is 0 Å². The average Bonchev–Trinajstić information content (AvgIpc) is 3.08. The van der Waals surface area contributed by atoms with Gasteiger partial charge in [-0.2, -0.15) is 0 Å². The predicted molar refractivity (Wildman–Crippen MR) is 99.3 cm³/mol. The van der Waals surface area contributed by atoms with Crippen molar-refractivity contribution in [2.24, 2.45) is 0 Å². The van der Waals surface area contributed by atoms with Gasteiger partial charge in [-0.3, -0.25) is 0 Å². The maximum Gasteiger partial charge on any atom is 0.113 e. The highest BCUT2D eigenvalue weighted by Crippen LogP contribution is 2.29. The fourth-order valence-electron chi connectivity index (χ4n) is 2.79. The van der Waals surface area contributed by atoms with Crippen molar-refractivity contribution in [1.82, 2.24) is 15.0 Å². The van der Waals surface area contributed by atoms with Crippen molar-refractivity contribution in [3.8, 4) is 0 Å². The van der Waals surface area contributed by atoms with Gasteiger partial charge in [-0.1, -0.05) is 65.9 Å². The molecule has 0 radical (unpaired) electrons. The summed E-state index contributed by atoms with van der Waals surface area (Å²) in [6, 6.07) is 29.3. The van der Waals surface area contributed by atoms with E-state index in [4.69, 9.17) is 0 Å². The zero-order chi connectivity index (χ0) is 16.2. The molecule has 3 aromatic carbocycles. The van der Waals surface area contributed by atoms with Crippen LogP contribution in [-0.4, -0.2) is 20.7 Å². The smallest absolute Gasteiger partial charge is 0.113 e. The fraction of sp³-hybridized carbons (Fsp3) is 0.100. The molecule has 4 aromatic rings. The molecule has 1 atom stereocenters. The van der Waals surface area contributed by atoms with Crippen molar-refractivity contribution >= 4 is 22.8 Å². The molecule has 0 amide bonds. The summed E-state index contributed by atoms with van der Waals surface area (Å²) in [5, 5.41) is 8.76. The third kappa shape index (κ3) is 3.05. The molecule has 0 bridgehead atoms. The molecule has 0 saturated carbocycles. The van der Waals surface area contributed by atoms with E-state index in [9.17, 15) is 0 Å². The summed E-state index contributed by atoms with van der Waals surface area (Å²) in [5.41, 5.74) is 3.25. The molecule has 0 aliphatic rings. The van der Waals surface area contributed by atoms with E-state index in [0.717, 1.165) is 16.8 Å². The summed E-state index contributed by atoms with van der Waals surface area (Å²) >= 11 is 1.84. The Morgan fingerprint density at radius 2 is 1.46 bits per heavy atom. The summed E-state index contributed by atoms with van der Waals surface area (Å²) < 4.78 is 2.04. The van der Waals surface area contributed by atoms with Crippen LogP contribution in [0.1, 0.15) is 11.6 Å². The van der Waals surface area contributed by atoms with E-state index in [1.807, 2.05) is 46.8 Å². The lowest BCUT2D eigenvalue weighted by Gasteiger charge is -2.18. The molecule has 0 spiro atoms. The van der Waals surface area contributed by atoms with Gasteiger partial charge in [0.25, 0.3) is 0 Å². The maximum atomic E-state index is 4.44. The zero-order valence-electron chi connectivity index (χ0n) is 13.1. The van der Waals surface area contributed by atoms with Crippen LogP contribution in [0, 0.1) is 0 Å². The number of thioether (sulfide) groups is 1. The molecule has 24 heavy (non-hydrogen) atoms. The minimum absolute atomic E-state index is 0.142. The molecule has 1 unspecified atom stereocenters. The van der Waals surface area contributed by atoms with E-state index in [1.165, 1.54) is 10.5 Å². The summed E-state index contributed by atoms with van der Waals surface area (Å²) in [6.45, 7) is 0. The fourth-order valence-corrected chi connectivity index (χ4v) is 3.83. The molecule has 0 fully saturated rings. The van der Waals surface area contributed by atoms with Crippen molar-refractivity contribution in [3.63, 3.8) is 0 Å². The van der Waals surface area contributed by atoms with Crippen LogP contribution in [0.15, 0.2) is 89.8 Å². The topological polar surface area (TPSA) is 30.7 Å². The first-order valence-corrected chi connectivity index (χ1v) is 8.93. The Hall–Kier alpha value is -2.59. The van der Waals surface area contributed by atoms with Gasteiger partial charge in [-0.15, -0.1) is 16.9 Å². The molecular formula is C20H17N3S. The Balaban J connectivity index is 1.71. The minimum Gasteiger partial charge on any atom is -0.236 e. The first-order chi connectivity index (χ1) is 11.9. The van der Waals surface area contributed by atoms with Crippen molar-refractivity contribution in [2.45, 2.75) is 10.9 Å². The number of para-hydroxylation sites is 1. The van der Waals surface area contributed by atoms with Crippen LogP contribution in [0.2, 0.25) is 0 Å². The van der Waals surface area contributed by atoms with Gasteiger partial charge in [0.1, 0.15) is 5.52 Å². The van der Waals surface area contributed by atoms with Crippen molar-refractivity contribution < 1.29 is 0 Å². The minimum atomic E-state index is 0.142. The number of aromatic nitrogens is 3. The van der Waals surface area contributed by atoms with Crippen molar-refractivity contribution in [1.29, 1.82) is 0 Å². The molecule has 4 rings (SSSR count). The number of fused-ring (bicyclic) bond motifs is 1. The van der Waals surface area contributed by atoms with Crippen LogP contribution in [0.3, 0.4) is 0 Å². The Morgan fingerprint density at radius 3 is 2.25 bits per heavy atom. The van der Waals surface area contributed by atoms with E-state index in [2.05, 4.69) is 64.9 Å². The number of nitrogens with zero attached hydrogens (tertiary/aromatic N) is 3. The van der Waals surface area contributed by atoms with Crippen LogP contribution in [0.5, 0.6) is 0 Å². The highest BCUT2D eigenvalue weighted by molar-refractivity contribution is 7.99. The molecule has 1 aromatic heterocycles. The van der Waals surface area contributed by atoms with Gasteiger partial charge in [0, 0.05) is 10.6 Å². The van der Waals surface area contributed by atoms with Gasteiger partial charge < -0.3 is 0 Å². The Morgan fingerprint density at radius 1 is 0.792 bits per heavy atom. The standard InChI is InChI=1S/C20H17N3S/c1-3-9-16(10-4-1)20(15-24-17-11-5-2-6-12-17)23-19-14-8-7-13-18(19)21-22-23/h1-14,20H,15H2. The summed E-state index contributed by atoms with van der Waals surface area (Å²) in [4.78, 5) is 1.27. The van der Waals surface area contributed by atoms with Crippen LogP contribution < -0.4 is 0 Å². The van der Waals surface area contributed by atoms with Gasteiger partial charge in [0.05, 0.1) is 11.6 Å². The number of rotatable bonds is 5. The monoisotopic (exact) mass is 331 g/mol. The van der Waals surface area contributed by atoms with Crippen LogP contribution in [-0.2, 0) is 0 Å². The molecule has 0 N–H and O–H groups in total. The Labute approximate surface area is 145 Å². The second kappa shape index (κ2) is 6.89. The molecule has 0 saturated heterocycles. The van der Waals surface area contributed by atoms with E-state index in [1.54, 1.807) is 0 Å². The predicted octanol–water partition coefficient (Wildman–Crippen LogP) is 4.81.